The number of benzene rings is 2. The topological polar surface area (TPSA) is 55.5 Å². The van der Waals surface area contributed by atoms with Crippen LogP contribution >= 0.6 is 0 Å². The van der Waals surface area contributed by atoms with Gasteiger partial charge in [0.2, 0.25) is 0 Å². The van der Waals surface area contributed by atoms with Gasteiger partial charge in [-0.1, -0.05) is 30.3 Å². The fourth-order valence-corrected chi connectivity index (χ4v) is 1.93. The third-order valence-corrected chi connectivity index (χ3v) is 3.06. The summed E-state index contributed by atoms with van der Waals surface area (Å²) in [6.45, 7) is 1.93. The van der Waals surface area contributed by atoms with Crippen LogP contribution in [0.25, 0.3) is 0 Å². The number of nitrogens with two attached hydrogens (primary N) is 1. The number of aliphatic hydroxyl groups excluding tert-OH is 1. The summed E-state index contributed by atoms with van der Waals surface area (Å²) >= 11 is 0. The Morgan fingerprint density at radius 3 is 2.61 bits per heavy atom. The Balaban J connectivity index is 2.41. The average molecular weight is 243 g/mol. The molecule has 0 saturated heterocycles. The summed E-state index contributed by atoms with van der Waals surface area (Å²) in [4.78, 5) is 0. The van der Waals surface area contributed by atoms with Crippen molar-refractivity contribution >= 4 is 5.69 Å². The molecule has 0 aromatic heterocycles. The van der Waals surface area contributed by atoms with Crippen LogP contribution in [0.15, 0.2) is 42.5 Å². The number of aryl methyl sites for hydroxylation is 1. The maximum Gasteiger partial charge on any atom is 0.119 e. The Morgan fingerprint density at radius 1 is 1.17 bits per heavy atom. The minimum Gasteiger partial charge on any atom is -0.497 e. The Hall–Kier alpha value is -2.00. The Morgan fingerprint density at radius 2 is 1.89 bits per heavy atom. The van der Waals surface area contributed by atoms with Gasteiger partial charge in [-0.05, 0) is 30.2 Å². The standard InChI is InChI=1S/C15H17NO2/c1-10-5-3-8-13(14(10)16)15(17)11-6-4-7-12(9-11)18-2/h3-9,15,17H,16H2,1-2H3. The smallest absolute Gasteiger partial charge is 0.119 e. The number of para-hydroxylation sites is 1. The van der Waals surface area contributed by atoms with E-state index in [0.717, 1.165) is 22.4 Å². The molecule has 3 N–H and O–H groups in total. The summed E-state index contributed by atoms with van der Waals surface area (Å²) in [5, 5.41) is 10.4. The van der Waals surface area contributed by atoms with Crippen LogP contribution in [0.3, 0.4) is 0 Å². The first-order valence-corrected chi connectivity index (χ1v) is 5.80. The molecule has 0 aliphatic carbocycles. The fourth-order valence-electron chi connectivity index (χ4n) is 1.93. The molecule has 2 aromatic rings. The molecule has 1 unspecified atom stereocenters. The van der Waals surface area contributed by atoms with E-state index in [0.29, 0.717) is 5.69 Å². The first-order valence-electron chi connectivity index (χ1n) is 5.80. The van der Waals surface area contributed by atoms with Crippen molar-refractivity contribution in [2.75, 3.05) is 12.8 Å². The van der Waals surface area contributed by atoms with E-state index in [1.54, 1.807) is 7.11 Å². The third-order valence-electron chi connectivity index (χ3n) is 3.06. The largest absolute Gasteiger partial charge is 0.497 e. The van der Waals surface area contributed by atoms with Crippen molar-refractivity contribution in [1.29, 1.82) is 0 Å². The number of nitrogen functional groups attached to an aromatic ring is 1. The van der Waals surface area contributed by atoms with E-state index in [1.165, 1.54) is 0 Å². The van der Waals surface area contributed by atoms with Crippen molar-refractivity contribution in [3.63, 3.8) is 0 Å². The lowest BCUT2D eigenvalue weighted by Gasteiger charge is -2.16. The van der Waals surface area contributed by atoms with Gasteiger partial charge in [-0.15, -0.1) is 0 Å². The van der Waals surface area contributed by atoms with Crippen LogP contribution in [0.5, 0.6) is 5.75 Å². The van der Waals surface area contributed by atoms with Crippen molar-refractivity contribution in [3.8, 4) is 5.75 Å². The molecule has 0 heterocycles. The molecule has 0 amide bonds. The molecule has 0 spiro atoms. The van der Waals surface area contributed by atoms with Crippen LogP contribution in [0.1, 0.15) is 22.8 Å². The Bertz CT molecular complexity index is 552. The lowest BCUT2D eigenvalue weighted by molar-refractivity contribution is 0.220. The molecule has 3 nitrogen and oxygen atoms in total. The first-order chi connectivity index (χ1) is 8.63. The minimum absolute atomic E-state index is 0.632. The quantitative estimate of drug-likeness (QED) is 0.815. The van der Waals surface area contributed by atoms with Crippen LogP contribution in [0.4, 0.5) is 5.69 Å². The zero-order valence-corrected chi connectivity index (χ0v) is 10.6. The van der Waals surface area contributed by atoms with E-state index >= 15 is 0 Å². The fraction of sp³-hybridized carbons (Fsp3) is 0.200. The number of rotatable bonds is 3. The van der Waals surface area contributed by atoms with Crippen molar-refractivity contribution in [2.45, 2.75) is 13.0 Å². The number of hydrogen-bond donors (Lipinski definition) is 2. The second kappa shape index (κ2) is 5.10. The highest BCUT2D eigenvalue weighted by Crippen LogP contribution is 2.30. The normalized spacial score (nSPS) is 12.2. The number of anilines is 1. The van der Waals surface area contributed by atoms with Gasteiger partial charge in [0.05, 0.1) is 7.11 Å². The highest BCUT2D eigenvalue weighted by Gasteiger charge is 2.14. The highest BCUT2D eigenvalue weighted by atomic mass is 16.5. The van der Waals surface area contributed by atoms with E-state index < -0.39 is 6.10 Å². The van der Waals surface area contributed by atoms with Crippen LogP contribution in [0, 0.1) is 6.92 Å². The molecule has 2 rings (SSSR count). The molecule has 0 radical (unpaired) electrons. The van der Waals surface area contributed by atoms with Gasteiger partial charge >= 0.3 is 0 Å². The van der Waals surface area contributed by atoms with Crippen molar-refractivity contribution < 1.29 is 9.84 Å². The summed E-state index contributed by atoms with van der Waals surface area (Å²) in [5.74, 6) is 0.720. The average Bonchev–Trinajstić information content (AvgIpc) is 2.41. The van der Waals surface area contributed by atoms with Gasteiger partial charge in [-0.3, -0.25) is 0 Å². The lowest BCUT2D eigenvalue weighted by atomic mass is 9.98. The van der Waals surface area contributed by atoms with Gasteiger partial charge < -0.3 is 15.6 Å². The van der Waals surface area contributed by atoms with Crippen LogP contribution in [-0.4, -0.2) is 12.2 Å². The Kier molecular flexibility index (Phi) is 3.53. The predicted octanol–water partition coefficient (Wildman–Crippen LogP) is 2.67. The molecule has 0 bridgehead atoms. The van der Waals surface area contributed by atoms with Crippen LogP contribution in [0.2, 0.25) is 0 Å². The second-order valence-electron chi connectivity index (χ2n) is 4.26. The van der Waals surface area contributed by atoms with Gasteiger partial charge in [0.1, 0.15) is 11.9 Å². The zero-order chi connectivity index (χ0) is 13.1. The lowest BCUT2D eigenvalue weighted by Crippen LogP contribution is -2.05. The SMILES string of the molecule is COc1cccc(C(O)c2cccc(C)c2N)c1. The minimum atomic E-state index is -0.736. The first kappa shape index (κ1) is 12.5. The maximum atomic E-state index is 10.4. The summed E-state index contributed by atoms with van der Waals surface area (Å²) < 4.78 is 5.15. The van der Waals surface area contributed by atoms with Crippen molar-refractivity contribution in [1.82, 2.24) is 0 Å². The monoisotopic (exact) mass is 243 g/mol. The van der Waals surface area contributed by atoms with Gasteiger partial charge in [0, 0.05) is 11.3 Å². The van der Waals surface area contributed by atoms with Crippen molar-refractivity contribution in [3.05, 3.63) is 59.2 Å². The van der Waals surface area contributed by atoms with Gasteiger partial charge in [-0.2, -0.15) is 0 Å². The Labute approximate surface area is 107 Å². The van der Waals surface area contributed by atoms with Gasteiger partial charge in [0.15, 0.2) is 0 Å². The molecular formula is C15H17NO2. The maximum absolute atomic E-state index is 10.4. The van der Waals surface area contributed by atoms with Gasteiger partial charge in [-0.25, -0.2) is 0 Å². The molecule has 3 heteroatoms. The third kappa shape index (κ3) is 2.31. The molecule has 0 saturated carbocycles. The summed E-state index contributed by atoms with van der Waals surface area (Å²) in [6, 6.07) is 13.0. The molecule has 0 aliphatic rings. The van der Waals surface area contributed by atoms with Crippen molar-refractivity contribution in [2.24, 2.45) is 0 Å². The number of aliphatic hydroxyl groups is 1. The number of methoxy groups -OCH3 is 1. The molecule has 1 atom stereocenters. The molecule has 18 heavy (non-hydrogen) atoms. The predicted molar refractivity (Wildman–Crippen MR) is 72.6 cm³/mol. The van der Waals surface area contributed by atoms with E-state index in [4.69, 9.17) is 10.5 Å². The summed E-state index contributed by atoms with van der Waals surface area (Å²) in [7, 11) is 1.60. The number of ether oxygens (including phenoxy) is 1. The molecule has 0 aliphatic heterocycles. The van der Waals surface area contributed by atoms with E-state index in [2.05, 4.69) is 0 Å². The zero-order valence-electron chi connectivity index (χ0n) is 10.6. The summed E-state index contributed by atoms with van der Waals surface area (Å²) in [6.07, 6.45) is -0.736. The van der Waals surface area contributed by atoms with E-state index in [-0.39, 0.29) is 0 Å². The number of hydrogen-bond acceptors (Lipinski definition) is 3. The van der Waals surface area contributed by atoms with Crippen LogP contribution < -0.4 is 10.5 Å². The van der Waals surface area contributed by atoms with Gasteiger partial charge in [0.25, 0.3) is 0 Å². The van der Waals surface area contributed by atoms with Crippen LogP contribution in [-0.2, 0) is 0 Å². The summed E-state index contributed by atoms with van der Waals surface area (Å²) in [5.41, 5.74) is 9.09. The molecular weight excluding hydrogens is 226 g/mol. The van der Waals surface area contributed by atoms with E-state index in [1.807, 2.05) is 49.4 Å². The molecule has 94 valence electrons. The van der Waals surface area contributed by atoms with E-state index in [9.17, 15) is 5.11 Å². The molecule has 2 aromatic carbocycles. The molecule has 0 fully saturated rings. The second-order valence-corrected chi connectivity index (χ2v) is 4.26. The highest BCUT2D eigenvalue weighted by molar-refractivity contribution is 5.56.